The highest BCUT2D eigenvalue weighted by atomic mass is 79.9. The number of nitrogens with one attached hydrogen (secondary N) is 1. The van der Waals surface area contributed by atoms with E-state index in [2.05, 4.69) is 51.3 Å². The van der Waals surface area contributed by atoms with Gasteiger partial charge in [0.15, 0.2) is 0 Å². The number of benzene rings is 1. The zero-order valence-electron chi connectivity index (χ0n) is 12.4. The molecule has 1 heterocycles. The molecular formula is C17H25BrN2. The summed E-state index contributed by atoms with van der Waals surface area (Å²) in [4.78, 5) is 2.62. The lowest BCUT2D eigenvalue weighted by molar-refractivity contribution is 0.277. The molecule has 0 saturated carbocycles. The maximum Gasteiger partial charge on any atom is 0.0326 e. The first-order valence-electron chi connectivity index (χ1n) is 7.97. The normalized spacial score (nSPS) is 24.0. The van der Waals surface area contributed by atoms with Crippen LogP contribution in [0.15, 0.2) is 22.7 Å². The molecule has 2 aliphatic rings. The molecule has 2 atom stereocenters. The Morgan fingerprint density at radius 2 is 2.15 bits per heavy atom. The largest absolute Gasteiger partial charge is 0.310 e. The van der Waals surface area contributed by atoms with Crippen molar-refractivity contribution in [2.75, 3.05) is 26.2 Å². The minimum absolute atomic E-state index is 0.559. The van der Waals surface area contributed by atoms with Gasteiger partial charge in [-0.2, -0.15) is 0 Å². The Bertz CT molecular complexity index is 454. The molecule has 1 N–H and O–H groups in total. The van der Waals surface area contributed by atoms with Crippen molar-refractivity contribution in [2.24, 2.45) is 5.92 Å². The number of likely N-dealkylation sites (tertiary alicyclic amines) is 1. The summed E-state index contributed by atoms with van der Waals surface area (Å²) in [6.07, 6.45) is 5.23. The Morgan fingerprint density at radius 3 is 2.95 bits per heavy atom. The van der Waals surface area contributed by atoms with Crippen LogP contribution in [0.25, 0.3) is 0 Å². The highest BCUT2D eigenvalue weighted by Gasteiger charge is 2.24. The molecule has 110 valence electrons. The molecule has 0 aromatic heterocycles. The van der Waals surface area contributed by atoms with Crippen LogP contribution in [0.2, 0.25) is 0 Å². The van der Waals surface area contributed by atoms with Gasteiger partial charge in [0.1, 0.15) is 0 Å². The van der Waals surface area contributed by atoms with Crippen molar-refractivity contribution in [3.8, 4) is 0 Å². The van der Waals surface area contributed by atoms with Gasteiger partial charge in [-0.15, -0.1) is 0 Å². The van der Waals surface area contributed by atoms with Crippen LogP contribution in [-0.4, -0.2) is 31.1 Å². The molecule has 1 aromatic rings. The predicted octanol–water partition coefficient (Wildman–Crippen LogP) is 3.76. The fourth-order valence-electron chi connectivity index (χ4n) is 3.64. The Balaban J connectivity index is 1.51. The topological polar surface area (TPSA) is 15.3 Å². The van der Waals surface area contributed by atoms with Crippen molar-refractivity contribution in [3.63, 3.8) is 0 Å². The van der Waals surface area contributed by atoms with Crippen LogP contribution in [0.3, 0.4) is 0 Å². The van der Waals surface area contributed by atoms with Crippen LogP contribution in [0.5, 0.6) is 0 Å². The molecule has 0 spiro atoms. The van der Waals surface area contributed by atoms with Crippen molar-refractivity contribution >= 4 is 15.9 Å². The highest BCUT2D eigenvalue weighted by molar-refractivity contribution is 9.10. The second-order valence-electron chi connectivity index (χ2n) is 6.42. The maximum absolute atomic E-state index is 3.79. The number of fused-ring (bicyclic) bond motifs is 1. The Labute approximate surface area is 131 Å². The van der Waals surface area contributed by atoms with Crippen LogP contribution in [0, 0.1) is 5.92 Å². The summed E-state index contributed by atoms with van der Waals surface area (Å²) in [7, 11) is 0. The van der Waals surface area contributed by atoms with Gasteiger partial charge in [0.2, 0.25) is 0 Å². The predicted molar refractivity (Wildman–Crippen MR) is 88.0 cm³/mol. The maximum atomic E-state index is 3.79. The number of nitrogens with zero attached hydrogens (tertiary/aromatic N) is 1. The number of halogens is 1. The van der Waals surface area contributed by atoms with Gasteiger partial charge in [-0.1, -0.05) is 35.0 Å². The van der Waals surface area contributed by atoms with Gasteiger partial charge in [-0.25, -0.2) is 0 Å². The average molecular weight is 337 g/mol. The molecule has 1 fully saturated rings. The summed E-state index contributed by atoms with van der Waals surface area (Å²) in [5, 5.41) is 3.79. The van der Waals surface area contributed by atoms with E-state index in [0.717, 1.165) is 12.5 Å². The first-order valence-corrected chi connectivity index (χ1v) is 8.76. The molecule has 2 nitrogen and oxygen atoms in total. The number of hydrogen-bond acceptors (Lipinski definition) is 2. The second-order valence-corrected chi connectivity index (χ2v) is 7.27. The Kier molecular flexibility index (Phi) is 4.79. The number of rotatable bonds is 5. The average Bonchev–Trinajstić information content (AvgIpc) is 3.06. The summed E-state index contributed by atoms with van der Waals surface area (Å²) in [6, 6.07) is 7.17. The monoisotopic (exact) mass is 336 g/mol. The van der Waals surface area contributed by atoms with E-state index in [1.54, 1.807) is 0 Å². The van der Waals surface area contributed by atoms with Gasteiger partial charge in [-0.05, 0) is 68.4 Å². The highest BCUT2D eigenvalue weighted by Crippen LogP contribution is 2.35. The zero-order chi connectivity index (χ0) is 13.9. The SMILES string of the molecule is CC(CNC1CCc2c(Br)cccc21)CN1CCCC1. The molecule has 3 heteroatoms. The quantitative estimate of drug-likeness (QED) is 0.880. The minimum atomic E-state index is 0.559. The Morgan fingerprint density at radius 1 is 1.35 bits per heavy atom. The molecule has 20 heavy (non-hydrogen) atoms. The van der Waals surface area contributed by atoms with E-state index in [1.165, 1.54) is 60.9 Å². The van der Waals surface area contributed by atoms with Crippen LogP contribution in [0.4, 0.5) is 0 Å². The molecule has 1 aliphatic heterocycles. The summed E-state index contributed by atoms with van der Waals surface area (Å²) < 4.78 is 1.28. The van der Waals surface area contributed by atoms with Crippen molar-refractivity contribution in [1.82, 2.24) is 10.2 Å². The first-order chi connectivity index (χ1) is 9.74. The van der Waals surface area contributed by atoms with Crippen LogP contribution in [0.1, 0.15) is 43.4 Å². The van der Waals surface area contributed by atoms with Gasteiger partial charge < -0.3 is 10.2 Å². The molecule has 0 amide bonds. The molecule has 3 rings (SSSR count). The summed E-state index contributed by atoms with van der Waals surface area (Å²) in [5.41, 5.74) is 3.02. The molecule has 2 unspecified atom stereocenters. The van der Waals surface area contributed by atoms with Crippen LogP contribution < -0.4 is 5.32 Å². The Hall–Kier alpha value is -0.380. The van der Waals surface area contributed by atoms with Crippen molar-refractivity contribution in [3.05, 3.63) is 33.8 Å². The van der Waals surface area contributed by atoms with Gasteiger partial charge in [-0.3, -0.25) is 0 Å². The summed E-state index contributed by atoms with van der Waals surface area (Å²) in [6.45, 7) is 7.38. The lowest BCUT2D eigenvalue weighted by atomic mass is 10.1. The molecule has 0 bridgehead atoms. The van der Waals surface area contributed by atoms with Crippen molar-refractivity contribution < 1.29 is 0 Å². The van der Waals surface area contributed by atoms with E-state index in [4.69, 9.17) is 0 Å². The van der Waals surface area contributed by atoms with Gasteiger partial charge in [0.25, 0.3) is 0 Å². The van der Waals surface area contributed by atoms with E-state index < -0.39 is 0 Å². The van der Waals surface area contributed by atoms with E-state index in [0.29, 0.717) is 6.04 Å². The van der Waals surface area contributed by atoms with Crippen molar-refractivity contribution in [1.29, 1.82) is 0 Å². The molecular weight excluding hydrogens is 312 g/mol. The third-order valence-electron chi connectivity index (χ3n) is 4.69. The lowest BCUT2D eigenvalue weighted by Crippen LogP contribution is -2.32. The summed E-state index contributed by atoms with van der Waals surface area (Å²) in [5.74, 6) is 0.740. The van der Waals surface area contributed by atoms with E-state index in [1.807, 2.05) is 0 Å². The summed E-state index contributed by atoms with van der Waals surface area (Å²) >= 11 is 3.68. The smallest absolute Gasteiger partial charge is 0.0326 e. The van der Waals surface area contributed by atoms with Crippen molar-refractivity contribution in [2.45, 2.75) is 38.6 Å². The third-order valence-corrected chi connectivity index (χ3v) is 5.44. The molecule has 1 saturated heterocycles. The molecule has 1 aliphatic carbocycles. The van der Waals surface area contributed by atoms with Gasteiger partial charge in [0.05, 0.1) is 0 Å². The number of hydrogen-bond donors (Lipinski definition) is 1. The first kappa shape index (κ1) is 14.6. The van der Waals surface area contributed by atoms with Crippen LogP contribution >= 0.6 is 15.9 Å². The minimum Gasteiger partial charge on any atom is -0.310 e. The molecule has 1 aromatic carbocycles. The van der Waals surface area contributed by atoms with E-state index >= 15 is 0 Å². The van der Waals surface area contributed by atoms with Crippen LogP contribution in [-0.2, 0) is 6.42 Å². The van der Waals surface area contributed by atoms with Gasteiger partial charge in [0, 0.05) is 17.1 Å². The lowest BCUT2D eigenvalue weighted by Gasteiger charge is -2.22. The van der Waals surface area contributed by atoms with Gasteiger partial charge >= 0.3 is 0 Å². The second kappa shape index (κ2) is 6.59. The molecule has 0 radical (unpaired) electrons. The van der Waals surface area contributed by atoms with E-state index in [9.17, 15) is 0 Å². The zero-order valence-corrected chi connectivity index (χ0v) is 14.0. The van der Waals surface area contributed by atoms with E-state index in [-0.39, 0.29) is 0 Å². The standard InChI is InChI=1S/C17H25BrN2/c1-13(12-20-9-2-3-10-20)11-19-17-8-7-14-15(17)5-4-6-16(14)18/h4-6,13,17,19H,2-3,7-12H2,1H3. The fourth-order valence-corrected chi connectivity index (χ4v) is 4.22. The third kappa shape index (κ3) is 3.26. The fraction of sp³-hybridized carbons (Fsp3) is 0.647.